The standard InChI is InChI=1S/C20H42N6O2/c1-12(2)11-17(26-18(27)15(7)24-14(5)6)19(28)25-16(13(3)4)9-8-10-23-20(21)22/h12-17,24H,8-11H2,1-7H3,(H,25,28)(H,26,27)(H4,21,22,23). The number of amides is 2. The molecule has 0 aliphatic heterocycles. The molecule has 0 fully saturated rings. The number of guanidine groups is 1. The smallest absolute Gasteiger partial charge is 0.242 e. The molecule has 7 N–H and O–H groups in total. The normalized spacial score (nSPS) is 14.6. The molecule has 8 heteroatoms. The summed E-state index contributed by atoms with van der Waals surface area (Å²) < 4.78 is 0. The summed E-state index contributed by atoms with van der Waals surface area (Å²) in [6.45, 7) is 14.5. The summed E-state index contributed by atoms with van der Waals surface area (Å²) in [4.78, 5) is 29.4. The van der Waals surface area contributed by atoms with Crippen molar-refractivity contribution in [2.75, 3.05) is 6.54 Å². The van der Waals surface area contributed by atoms with E-state index in [1.165, 1.54) is 0 Å². The number of aliphatic imine (C=N–C) groups is 1. The molecule has 0 aliphatic carbocycles. The van der Waals surface area contributed by atoms with Gasteiger partial charge in [0.1, 0.15) is 6.04 Å². The Hall–Kier alpha value is -1.83. The molecule has 0 aromatic rings. The minimum atomic E-state index is -0.553. The average Bonchev–Trinajstić information content (AvgIpc) is 2.55. The lowest BCUT2D eigenvalue weighted by atomic mass is 9.97. The average molecular weight is 399 g/mol. The van der Waals surface area contributed by atoms with E-state index in [1.807, 2.05) is 27.7 Å². The fraction of sp³-hybridized carbons (Fsp3) is 0.850. The molecule has 0 radical (unpaired) electrons. The second kappa shape index (κ2) is 13.4. The van der Waals surface area contributed by atoms with Crippen LogP contribution in [0.5, 0.6) is 0 Å². The Morgan fingerprint density at radius 2 is 1.54 bits per heavy atom. The molecule has 3 unspecified atom stereocenters. The SMILES string of the molecule is CC(C)CC(NC(=O)C(C)NC(C)C)C(=O)NC(CCCN=C(N)N)C(C)C. The second-order valence-corrected chi connectivity index (χ2v) is 8.54. The molecule has 28 heavy (non-hydrogen) atoms. The fourth-order valence-electron chi connectivity index (χ4n) is 2.95. The van der Waals surface area contributed by atoms with Crippen LogP contribution in [0.2, 0.25) is 0 Å². The minimum Gasteiger partial charge on any atom is -0.370 e. The van der Waals surface area contributed by atoms with Gasteiger partial charge in [0.15, 0.2) is 5.96 Å². The van der Waals surface area contributed by atoms with Crippen molar-refractivity contribution in [1.29, 1.82) is 0 Å². The highest BCUT2D eigenvalue weighted by Crippen LogP contribution is 2.11. The molecule has 3 atom stereocenters. The molecular formula is C20H42N6O2. The highest BCUT2D eigenvalue weighted by molar-refractivity contribution is 5.89. The first-order valence-corrected chi connectivity index (χ1v) is 10.4. The van der Waals surface area contributed by atoms with Crippen molar-refractivity contribution in [3.05, 3.63) is 0 Å². The van der Waals surface area contributed by atoms with Gasteiger partial charge in [-0.1, -0.05) is 41.5 Å². The van der Waals surface area contributed by atoms with Gasteiger partial charge >= 0.3 is 0 Å². The van der Waals surface area contributed by atoms with Crippen molar-refractivity contribution < 1.29 is 9.59 Å². The predicted octanol–water partition coefficient (Wildman–Crippen LogP) is 1.10. The maximum atomic E-state index is 12.9. The van der Waals surface area contributed by atoms with Gasteiger partial charge in [-0.15, -0.1) is 0 Å². The van der Waals surface area contributed by atoms with Crippen molar-refractivity contribution in [3.63, 3.8) is 0 Å². The lowest BCUT2D eigenvalue weighted by molar-refractivity contribution is -0.130. The van der Waals surface area contributed by atoms with Crippen LogP contribution in [-0.2, 0) is 9.59 Å². The van der Waals surface area contributed by atoms with Gasteiger partial charge in [-0.3, -0.25) is 14.6 Å². The Morgan fingerprint density at radius 3 is 2.00 bits per heavy atom. The monoisotopic (exact) mass is 398 g/mol. The van der Waals surface area contributed by atoms with Crippen LogP contribution >= 0.6 is 0 Å². The van der Waals surface area contributed by atoms with Crippen molar-refractivity contribution in [2.24, 2.45) is 28.3 Å². The zero-order valence-electron chi connectivity index (χ0n) is 18.7. The molecular weight excluding hydrogens is 356 g/mol. The molecule has 164 valence electrons. The van der Waals surface area contributed by atoms with E-state index in [0.29, 0.717) is 13.0 Å². The summed E-state index contributed by atoms with van der Waals surface area (Å²) >= 11 is 0. The van der Waals surface area contributed by atoms with Gasteiger partial charge < -0.3 is 27.4 Å². The Morgan fingerprint density at radius 1 is 0.929 bits per heavy atom. The van der Waals surface area contributed by atoms with E-state index in [9.17, 15) is 9.59 Å². The van der Waals surface area contributed by atoms with Crippen molar-refractivity contribution in [2.45, 2.75) is 91.9 Å². The van der Waals surface area contributed by atoms with Crippen molar-refractivity contribution >= 4 is 17.8 Å². The zero-order valence-corrected chi connectivity index (χ0v) is 18.7. The molecule has 2 amide bonds. The first-order valence-electron chi connectivity index (χ1n) is 10.4. The molecule has 0 aromatic heterocycles. The van der Waals surface area contributed by atoms with E-state index in [4.69, 9.17) is 11.5 Å². The van der Waals surface area contributed by atoms with E-state index >= 15 is 0 Å². The Balaban J connectivity index is 4.95. The largest absolute Gasteiger partial charge is 0.370 e. The summed E-state index contributed by atoms with van der Waals surface area (Å²) in [7, 11) is 0. The lowest BCUT2D eigenvalue weighted by Gasteiger charge is -2.27. The van der Waals surface area contributed by atoms with E-state index in [0.717, 1.165) is 12.8 Å². The lowest BCUT2D eigenvalue weighted by Crippen LogP contribution is -2.55. The third kappa shape index (κ3) is 11.8. The van der Waals surface area contributed by atoms with Crippen molar-refractivity contribution in [3.8, 4) is 0 Å². The topological polar surface area (TPSA) is 135 Å². The number of carbonyl (C=O) groups excluding carboxylic acids is 2. The Labute approximate surface area is 170 Å². The van der Waals surface area contributed by atoms with Gasteiger partial charge in [-0.05, 0) is 38.0 Å². The first-order chi connectivity index (χ1) is 12.9. The minimum absolute atomic E-state index is 0.000485. The van der Waals surface area contributed by atoms with Gasteiger partial charge in [0.05, 0.1) is 6.04 Å². The van der Waals surface area contributed by atoms with Crippen LogP contribution < -0.4 is 27.4 Å². The quantitative estimate of drug-likeness (QED) is 0.180. The zero-order chi connectivity index (χ0) is 21.9. The fourth-order valence-corrected chi connectivity index (χ4v) is 2.95. The molecule has 0 saturated carbocycles. The third-order valence-corrected chi connectivity index (χ3v) is 4.42. The van der Waals surface area contributed by atoms with E-state index in [-0.39, 0.29) is 47.7 Å². The summed E-state index contributed by atoms with van der Waals surface area (Å²) in [5.41, 5.74) is 10.7. The van der Waals surface area contributed by atoms with Crippen LogP contribution in [0.4, 0.5) is 0 Å². The molecule has 0 spiro atoms. The van der Waals surface area contributed by atoms with Crippen LogP contribution in [-0.4, -0.2) is 48.5 Å². The summed E-state index contributed by atoms with van der Waals surface area (Å²) in [6, 6.07) is -0.723. The molecule has 8 nitrogen and oxygen atoms in total. The number of rotatable bonds is 13. The van der Waals surface area contributed by atoms with E-state index in [2.05, 4.69) is 34.8 Å². The van der Waals surface area contributed by atoms with Crippen LogP contribution in [0.25, 0.3) is 0 Å². The predicted molar refractivity (Wildman–Crippen MR) is 116 cm³/mol. The van der Waals surface area contributed by atoms with Crippen LogP contribution in [0, 0.1) is 11.8 Å². The second-order valence-electron chi connectivity index (χ2n) is 8.54. The van der Waals surface area contributed by atoms with Gasteiger partial charge in [-0.2, -0.15) is 0 Å². The number of carbonyl (C=O) groups is 2. The number of hydrogen-bond donors (Lipinski definition) is 5. The highest BCUT2D eigenvalue weighted by Gasteiger charge is 2.27. The van der Waals surface area contributed by atoms with Gasteiger partial charge in [0.2, 0.25) is 11.8 Å². The summed E-state index contributed by atoms with van der Waals surface area (Å²) in [5.74, 6) is 0.320. The van der Waals surface area contributed by atoms with Gasteiger partial charge in [0, 0.05) is 18.6 Å². The molecule has 0 rings (SSSR count). The molecule has 0 aliphatic rings. The first kappa shape index (κ1) is 26.2. The van der Waals surface area contributed by atoms with Crippen LogP contribution in [0.1, 0.15) is 67.7 Å². The Kier molecular flexibility index (Phi) is 12.5. The Bertz CT molecular complexity index is 501. The summed E-state index contributed by atoms with van der Waals surface area (Å²) in [6.07, 6.45) is 2.14. The van der Waals surface area contributed by atoms with Crippen LogP contribution in [0.3, 0.4) is 0 Å². The van der Waals surface area contributed by atoms with Crippen LogP contribution in [0.15, 0.2) is 4.99 Å². The van der Waals surface area contributed by atoms with Gasteiger partial charge in [0.25, 0.3) is 0 Å². The number of nitrogens with zero attached hydrogens (tertiary/aromatic N) is 1. The van der Waals surface area contributed by atoms with Gasteiger partial charge in [-0.25, -0.2) is 0 Å². The molecule has 0 bridgehead atoms. The number of hydrogen-bond acceptors (Lipinski definition) is 4. The highest BCUT2D eigenvalue weighted by atomic mass is 16.2. The third-order valence-electron chi connectivity index (χ3n) is 4.42. The van der Waals surface area contributed by atoms with Crippen molar-refractivity contribution in [1.82, 2.24) is 16.0 Å². The number of nitrogens with one attached hydrogen (secondary N) is 3. The maximum Gasteiger partial charge on any atom is 0.242 e. The summed E-state index contributed by atoms with van der Waals surface area (Å²) in [5, 5.41) is 9.19. The molecule has 0 aromatic carbocycles. The number of nitrogens with two attached hydrogens (primary N) is 2. The molecule has 0 heterocycles. The van der Waals surface area contributed by atoms with E-state index < -0.39 is 6.04 Å². The molecule has 0 saturated heterocycles. The maximum absolute atomic E-state index is 12.9. The van der Waals surface area contributed by atoms with E-state index in [1.54, 1.807) is 6.92 Å².